The van der Waals surface area contributed by atoms with Crippen molar-refractivity contribution in [1.29, 1.82) is 0 Å². The van der Waals surface area contributed by atoms with Gasteiger partial charge < -0.3 is 34.5 Å². The van der Waals surface area contributed by atoms with Gasteiger partial charge in [-0.15, -0.1) is 11.6 Å². The van der Waals surface area contributed by atoms with Crippen LogP contribution in [-0.2, 0) is 14.3 Å². The van der Waals surface area contributed by atoms with Crippen molar-refractivity contribution in [2.45, 2.75) is 12.0 Å². The number of benzene rings is 2. The Morgan fingerprint density at radius 2 is 1.88 bits per heavy atom. The lowest BCUT2D eigenvalue weighted by Crippen LogP contribution is -2.43. The van der Waals surface area contributed by atoms with Crippen molar-refractivity contribution in [1.82, 2.24) is 5.32 Å². The number of rotatable bonds is 4. The van der Waals surface area contributed by atoms with Crippen LogP contribution in [0.4, 0.5) is 0 Å². The second kappa shape index (κ2) is 7.67. The highest BCUT2D eigenvalue weighted by atomic mass is 35.5. The Labute approximate surface area is 187 Å². The van der Waals surface area contributed by atoms with Crippen LogP contribution < -0.4 is 19.5 Å². The average Bonchev–Trinajstić information content (AvgIpc) is 3.40. The highest BCUT2D eigenvalue weighted by Gasteiger charge is 2.53. The number of amides is 1. The second-order valence-electron chi connectivity index (χ2n) is 7.90. The van der Waals surface area contributed by atoms with Crippen LogP contribution in [0.25, 0.3) is 0 Å². The van der Waals surface area contributed by atoms with E-state index in [0.717, 1.165) is 5.56 Å². The molecule has 5 rings (SSSR count). The third kappa shape index (κ3) is 3.07. The number of alkyl halides is 1. The average molecular weight is 462 g/mol. The number of cyclic esters (lactones) is 1. The summed E-state index contributed by atoms with van der Waals surface area (Å²) in [5.74, 6) is -2.26. The van der Waals surface area contributed by atoms with Crippen molar-refractivity contribution >= 4 is 23.5 Å². The normalized spacial score (nSPS) is 25.0. The zero-order valence-corrected chi connectivity index (χ0v) is 17.7. The van der Waals surface area contributed by atoms with Gasteiger partial charge in [0.25, 0.3) is 0 Å². The minimum Gasteiger partial charge on any atom is -0.504 e. The molecule has 9 nitrogen and oxygen atoms in total. The molecule has 0 saturated carbocycles. The Morgan fingerprint density at radius 3 is 2.56 bits per heavy atom. The Hall–Kier alpha value is -3.33. The van der Waals surface area contributed by atoms with E-state index in [9.17, 15) is 19.8 Å². The molecule has 0 radical (unpaired) electrons. The number of methoxy groups -OCH3 is 1. The van der Waals surface area contributed by atoms with Gasteiger partial charge in [0, 0.05) is 11.8 Å². The third-order valence-electron chi connectivity index (χ3n) is 6.28. The van der Waals surface area contributed by atoms with E-state index in [4.69, 9.17) is 30.5 Å². The Kier molecular flexibility index (Phi) is 4.93. The highest BCUT2D eigenvalue weighted by Crippen LogP contribution is 2.55. The minimum atomic E-state index is -0.655. The largest absolute Gasteiger partial charge is 0.504 e. The lowest BCUT2D eigenvalue weighted by atomic mass is 9.65. The van der Waals surface area contributed by atoms with E-state index in [0.29, 0.717) is 22.6 Å². The summed E-state index contributed by atoms with van der Waals surface area (Å²) in [6, 6.07) is 6.01. The molecule has 1 fully saturated rings. The van der Waals surface area contributed by atoms with Gasteiger partial charge in [0.1, 0.15) is 5.88 Å². The number of halogens is 1. The number of hydrogen-bond acceptors (Lipinski definition) is 8. The number of aromatic hydroxyl groups is 2. The van der Waals surface area contributed by atoms with Crippen LogP contribution >= 0.6 is 11.6 Å². The molecule has 1 amide bonds. The summed E-state index contributed by atoms with van der Waals surface area (Å²) < 4.78 is 21.7. The predicted molar refractivity (Wildman–Crippen MR) is 110 cm³/mol. The minimum absolute atomic E-state index is 0.0598. The van der Waals surface area contributed by atoms with Gasteiger partial charge in [-0.2, -0.15) is 0 Å². The lowest BCUT2D eigenvalue weighted by Gasteiger charge is -2.39. The molecular weight excluding hydrogens is 442 g/mol. The molecule has 0 aromatic heterocycles. The first-order chi connectivity index (χ1) is 15.4. The first-order valence-electron chi connectivity index (χ1n) is 9.98. The van der Waals surface area contributed by atoms with Crippen LogP contribution in [0.5, 0.6) is 28.7 Å². The van der Waals surface area contributed by atoms with Crippen molar-refractivity contribution in [2.75, 3.05) is 26.4 Å². The van der Waals surface area contributed by atoms with E-state index < -0.39 is 29.6 Å². The predicted octanol–water partition coefficient (Wildman–Crippen LogP) is 2.17. The van der Waals surface area contributed by atoms with Crippen LogP contribution in [0, 0.1) is 11.8 Å². The molecule has 0 spiro atoms. The fraction of sp³-hybridized carbons (Fsp3) is 0.364. The first-order valence-corrected chi connectivity index (χ1v) is 10.5. The number of hydrogen-bond donors (Lipinski definition) is 3. The molecule has 2 heterocycles. The van der Waals surface area contributed by atoms with Crippen LogP contribution in [0.1, 0.15) is 28.7 Å². The molecule has 4 atom stereocenters. The summed E-state index contributed by atoms with van der Waals surface area (Å²) in [6.07, 6.45) is 0. The van der Waals surface area contributed by atoms with Crippen LogP contribution in [-0.4, -0.2) is 48.5 Å². The number of esters is 1. The molecule has 1 aliphatic carbocycles. The first kappa shape index (κ1) is 20.6. The second-order valence-corrected chi connectivity index (χ2v) is 8.17. The van der Waals surface area contributed by atoms with Crippen LogP contribution in [0.15, 0.2) is 24.3 Å². The zero-order chi connectivity index (χ0) is 22.6. The number of phenolic OH excluding ortho intramolecular Hbond substituents is 2. The fourth-order valence-corrected chi connectivity index (χ4v) is 4.99. The van der Waals surface area contributed by atoms with Crippen LogP contribution in [0.2, 0.25) is 0 Å². The molecule has 1 saturated heterocycles. The maximum absolute atomic E-state index is 12.9. The summed E-state index contributed by atoms with van der Waals surface area (Å²) in [5, 5.41) is 23.3. The van der Waals surface area contributed by atoms with E-state index in [2.05, 4.69) is 5.32 Å². The van der Waals surface area contributed by atoms with E-state index >= 15 is 0 Å². The molecule has 3 N–H and O–H groups in total. The Bertz CT molecular complexity index is 1120. The third-order valence-corrected chi connectivity index (χ3v) is 6.52. The van der Waals surface area contributed by atoms with E-state index in [-0.39, 0.29) is 42.6 Å². The molecule has 168 valence electrons. The van der Waals surface area contributed by atoms with Gasteiger partial charge in [0.2, 0.25) is 18.4 Å². The quantitative estimate of drug-likeness (QED) is 0.359. The monoisotopic (exact) mass is 461 g/mol. The van der Waals surface area contributed by atoms with E-state index in [1.54, 1.807) is 18.2 Å². The molecule has 10 heteroatoms. The molecule has 0 bridgehead atoms. The fourth-order valence-electron chi connectivity index (χ4n) is 4.91. The molecule has 2 aliphatic heterocycles. The molecule has 2 aromatic carbocycles. The number of fused-ring (bicyclic) bond motifs is 3. The standard InChI is InChI=1S/C22H20ClNO8/c1-29-16-3-9(2-13(25)21(16)27)18-10-4-14-15(32-8-31-14)5-11(10)20(24-17(26)6-23)12-7-30-22(28)19(12)18/h2-5,12,18-20,25,27H,6-8H2,1H3,(H,24,26). The molecular formula is C22H20ClNO8. The van der Waals surface area contributed by atoms with Gasteiger partial charge in [0.15, 0.2) is 23.0 Å². The SMILES string of the molecule is COc1cc(C2c3cc4c(cc3C(NC(=O)CCl)C3COC(=O)C23)OCO4)cc(O)c1O. The van der Waals surface area contributed by atoms with E-state index in [1.807, 2.05) is 0 Å². The van der Waals surface area contributed by atoms with Gasteiger partial charge in [0.05, 0.1) is 25.7 Å². The van der Waals surface area contributed by atoms with Crippen molar-refractivity contribution in [3.8, 4) is 28.7 Å². The number of ether oxygens (including phenoxy) is 4. The zero-order valence-electron chi connectivity index (χ0n) is 17.0. The molecule has 3 aliphatic rings. The smallest absolute Gasteiger partial charge is 0.310 e. The van der Waals surface area contributed by atoms with Crippen molar-refractivity contribution in [2.24, 2.45) is 11.8 Å². The molecule has 2 aromatic rings. The maximum Gasteiger partial charge on any atom is 0.310 e. The van der Waals surface area contributed by atoms with Gasteiger partial charge in [-0.05, 0) is 41.0 Å². The number of phenols is 2. The van der Waals surface area contributed by atoms with Crippen molar-refractivity contribution in [3.05, 3.63) is 41.0 Å². The van der Waals surface area contributed by atoms with Gasteiger partial charge >= 0.3 is 5.97 Å². The summed E-state index contributed by atoms with van der Waals surface area (Å²) in [7, 11) is 1.37. The maximum atomic E-state index is 12.9. The van der Waals surface area contributed by atoms with Crippen molar-refractivity contribution in [3.63, 3.8) is 0 Å². The number of carbonyl (C=O) groups is 2. The molecule has 4 unspecified atom stereocenters. The number of nitrogens with one attached hydrogen (secondary N) is 1. The summed E-state index contributed by atoms with van der Waals surface area (Å²) in [5.41, 5.74) is 2.00. The molecule has 32 heavy (non-hydrogen) atoms. The summed E-state index contributed by atoms with van der Waals surface area (Å²) in [4.78, 5) is 25.1. The van der Waals surface area contributed by atoms with Gasteiger partial charge in [-0.1, -0.05) is 0 Å². The highest BCUT2D eigenvalue weighted by molar-refractivity contribution is 6.27. The van der Waals surface area contributed by atoms with E-state index in [1.165, 1.54) is 13.2 Å². The topological polar surface area (TPSA) is 124 Å². The van der Waals surface area contributed by atoms with Gasteiger partial charge in [-0.3, -0.25) is 9.59 Å². The van der Waals surface area contributed by atoms with Crippen LogP contribution in [0.3, 0.4) is 0 Å². The number of carbonyl (C=O) groups excluding carboxylic acids is 2. The summed E-state index contributed by atoms with van der Waals surface area (Å²) >= 11 is 5.73. The lowest BCUT2D eigenvalue weighted by molar-refractivity contribution is -0.141. The Balaban J connectivity index is 1.73. The van der Waals surface area contributed by atoms with Crippen molar-refractivity contribution < 1.29 is 38.7 Å². The summed E-state index contributed by atoms with van der Waals surface area (Å²) in [6.45, 7) is 0.173. The van der Waals surface area contributed by atoms with Gasteiger partial charge in [-0.25, -0.2) is 0 Å². The Morgan fingerprint density at radius 1 is 1.16 bits per heavy atom.